The molecule has 0 aliphatic carbocycles. The Labute approximate surface area is 135 Å². The Morgan fingerprint density at radius 2 is 1.67 bits per heavy atom. The molecular weight excluding hydrogens is 282 g/mol. The lowest BCUT2D eigenvalue weighted by atomic mass is 10.0. The van der Waals surface area contributed by atoms with Crippen molar-refractivity contribution in [2.24, 2.45) is 0 Å². The SMILES string of the molecule is CCCCCC(CCCCC)Nc1cc(Cl)ccc1OC. The summed E-state index contributed by atoms with van der Waals surface area (Å²) in [6, 6.07) is 6.28. The fourth-order valence-corrected chi connectivity index (χ4v) is 2.76. The third-order valence-corrected chi connectivity index (χ3v) is 4.07. The van der Waals surface area contributed by atoms with Gasteiger partial charge in [-0.3, -0.25) is 0 Å². The molecule has 0 unspecified atom stereocenters. The molecule has 21 heavy (non-hydrogen) atoms. The van der Waals surface area contributed by atoms with Crippen molar-refractivity contribution in [2.75, 3.05) is 12.4 Å². The average molecular weight is 312 g/mol. The molecule has 0 radical (unpaired) electrons. The van der Waals surface area contributed by atoms with Gasteiger partial charge >= 0.3 is 0 Å². The molecule has 0 aliphatic heterocycles. The highest BCUT2D eigenvalue weighted by molar-refractivity contribution is 6.30. The van der Waals surface area contributed by atoms with Gasteiger partial charge in [-0.25, -0.2) is 0 Å². The molecule has 0 heterocycles. The fraction of sp³-hybridized carbons (Fsp3) is 0.667. The second-order valence-corrected chi connectivity index (χ2v) is 6.11. The van der Waals surface area contributed by atoms with E-state index >= 15 is 0 Å². The zero-order valence-corrected chi connectivity index (χ0v) is 14.5. The summed E-state index contributed by atoms with van der Waals surface area (Å²) < 4.78 is 5.43. The van der Waals surface area contributed by atoms with Gasteiger partial charge in [0, 0.05) is 11.1 Å². The van der Waals surface area contributed by atoms with E-state index in [1.165, 1.54) is 51.4 Å². The van der Waals surface area contributed by atoms with Gasteiger partial charge in [-0.05, 0) is 31.0 Å². The van der Waals surface area contributed by atoms with Gasteiger partial charge < -0.3 is 10.1 Å². The second kappa shape index (κ2) is 10.8. The fourth-order valence-electron chi connectivity index (χ4n) is 2.58. The quantitative estimate of drug-likeness (QED) is 0.485. The Hall–Kier alpha value is -0.890. The molecule has 0 aromatic heterocycles. The van der Waals surface area contributed by atoms with Crippen molar-refractivity contribution in [3.05, 3.63) is 23.2 Å². The van der Waals surface area contributed by atoms with E-state index < -0.39 is 0 Å². The summed E-state index contributed by atoms with van der Waals surface area (Å²) in [6.07, 6.45) is 10.1. The number of hydrogen-bond donors (Lipinski definition) is 1. The third-order valence-electron chi connectivity index (χ3n) is 3.83. The van der Waals surface area contributed by atoms with Crippen molar-refractivity contribution >= 4 is 17.3 Å². The van der Waals surface area contributed by atoms with Gasteiger partial charge in [0.1, 0.15) is 5.75 Å². The molecule has 0 amide bonds. The molecule has 1 aromatic carbocycles. The van der Waals surface area contributed by atoms with Crippen molar-refractivity contribution < 1.29 is 4.74 Å². The number of methoxy groups -OCH3 is 1. The standard InChI is InChI=1S/C18H30ClNO/c1-4-6-8-10-16(11-9-7-5-2)20-17-14-15(19)12-13-18(17)21-3/h12-14,16,20H,4-11H2,1-3H3. The predicted octanol–water partition coefficient (Wildman–Crippen LogP) is 6.29. The maximum absolute atomic E-state index is 6.12. The first-order chi connectivity index (χ1) is 10.2. The van der Waals surface area contributed by atoms with Gasteiger partial charge in [-0.2, -0.15) is 0 Å². The molecule has 3 heteroatoms. The number of halogens is 1. The van der Waals surface area contributed by atoms with Gasteiger partial charge in [0.05, 0.1) is 12.8 Å². The summed E-state index contributed by atoms with van der Waals surface area (Å²) in [7, 11) is 1.71. The minimum atomic E-state index is 0.510. The molecule has 0 fully saturated rings. The minimum Gasteiger partial charge on any atom is -0.495 e. The number of nitrogens with one attached hydrogen (secondary N) is 1. The van der Waals surface area contributed by atoms with Gasteiger partial charge in [0.25, 0.3) is 0 Å². The van der Waals surface area contributed by atoms with Crippen LogP contribution in [0, 0.1) is 0 Å². The second-order valence-electron chi connectivity index (χ2n) is 5.68. The smallest absolute Gasteiger partial charge is 0.142 e. The maximum Gasteiger partial charge on any atom is 0.142 e. The molecular formula is C18H30ClNO. The first-order valence-electron chi connectivity index (χ1n) is 8.31. The van der Waals surface area contributed by atoms with Crippen LogP contribution >= 0.6 is 11.6 Å². The zero-order chi connectivity index (χ0) is 15.5. The maximum atomic E-state index is 6.12. The lowest BCUT2D eigenvalue weighted by molar-refractivity contribution is 0.415. The molecule has 0 saturated carbocycles. The van der Waals surface area contributed by atoms with E-state index in [4.69, 9.17) is 16.3 Å². The van der Waals surface area contributed by atoms with E-state index in [0.29, 0.717) is 6.04 Å². The molecule has 1 rings (SSSR count). The molecule has 0 spiro atoms. The molecule has 120 valence electrons. The third kappa shape index (κ3) is 7.08. The van der Waals surface area contributed by atoms with Crippen molar-refractivity contribution in [1.29, 1.82) is 0 Å². The van der Waals surface area contributed by atoms with Crippen molar-refractivity contribution in [2.45, 2.75) is 71.3 Å². The van der Waals surface area contributed by atoms with Gasteiger partial charge in [-0.1, -0.05) is 64.0 Å². The van der Waals surface area contributed by atoms with Crippen LogP contribution in [0.4, 0.5) is 5.69 Å². The Balaban J connectivity index is 2.66. The highest BCUT2D eigenvalue weighted by Crippen LogP contribution is 2.29. The first-order valence-corrected chi connectivity index (χ1v) is 8.69. The predicted molar refractivity (Wildman–Crippen MR) is 93.7 cm³/mol. The normalized spacial score (nSPS) is 10.9. The monoisotopic (exact) mass is 311 g/mol. The summed E-state index contributed by atoms with van der Waals surface area (Å²) in [6.45, 7) is 4.50. The van der Waals surface area contributed by atoms with E-state index in [-0.39, 0.29) is 0 Å². The summed E-state index contributed by atoms with van der Waals surface area (Å²) in [5.41, 5.74) is 1.02. The number of anilines is 1. The van der Waals surface area contributed by atoms with Crippen molar-refractivity contribution in [3.63, 3.8) is 0 Å². The van der Waals surface area contributed by atoms with Crippen molar-refractivity contribution in [3.8, 4) is 5.75 Å². The van der Waals surface area contributed by atoms with E-state index in [0.717, 1.165) is 16.5 Å². The van der Waals surface area contributed by atoms with E-state index in [1.54, 1.807) is 7.11 Å². The molecule has 1 N–H and O–H groups in total. The van der Waals surface area contributed by atoms with Gasteiger partial charge in [-0.15, -0.1) is 0 Å². The highest BCUT2D eigenvalue weighted by Gasteiger charge is 2.11. The largest absolute Gasteiger partial charge is 0.495 e. The van der Waals surface area contributed by atoms with Crippen LogP contribution in [0.2, 0.25) is 5.02 Å². The molecule has 0 saturated heterocycles. The highest BCUT2D eigenvalue weighted by atomic mass is 35.5. The van der Waals surface area contributed by atoms with Crippen LogP contribution in [0.15, 0.2) is 18.2 Å². The topological polar surface area (TPSA) is 21.3 Å². The number of benzene rings is 1. The summed E-state index contributed by atoms with van der Waals surface area (Å²) in [4.78, 5) is 0. The van der Waals surface area contributed by atoms with Crippen LogP contribution in [-0.4, -0.2) is 13.2 Å². The van der Waals surface area contributed by atoms with Crippen LogP contribution in [-0.2, 0) is 0 Å². The number of unbranched alkanes of at least 4 members (excludes halogenated alkanes) is 4. The van der Waals surface area contributed by atoms with E-state index in [1.807, 2.05) is 18.2 Å². The molecule has 2 nitrogen and oxygen atoms in total. The molecule has 0 bridgehead atoms. The average Bonchev–Trinajstić information content (AvgIpc) is 2.48. The Morgan fingerprint density at radius 3 is 2.19 bits per heavy atom. The van der Waals surface area contributed by atoms with Crippen LogP contribution in [0.1, 0.15) is 65.2 Å². The lowest BCUT2D eigenvalue weighted by Gasteiger charge is -2.21. The van der Waals surface area contributed by atoms with Crippen LogP contribution in [0.25, 0.3) is 0 Å². The van der Waals surface area contributed by atoms with Crippen LogP contribution in [0.3, 0.4) is 0 Å². The minimum absolute atomic E-state index is 0.510. The van der Waals surface area contributed by atoms with E-state index in [9.17, 15) is 0 Å². The first kappa shape index (κ1) is 18.2. The van der Waals surface area contributed by atoms with Crippen molar-refractivity contribution in [1.82, 2.24) is 0 Å². The summed E-state index contributed by atoms with van der Waals surface area (Å²) >= 11 is 6.12. The van der Waals surface area contributed by atoms with Gasteiger partial charge in [0.2, 0.25) is 0 Å². The Morgan fingerprint density at radius 1 is 1.05 bits per heavy atom. The van der Waals surface area contributed by atoms with Crippen LogP contribution < -0.4 is 10.1 Å². The van der Waals surface area contributed by atoms with Gasteiger partial charge in [0.15, 0.2) is 0 Å². The molecule has 1 aromatic rings. The van der Waals surface area contributed by atoms with E-state index in [2.05, 4.69) is 19.2 Å². The Kier molecular flexibility index (Phi) is 9.32. The Bertz CT molecular complexity index is 385. The zero-order valence-electron chi connectivity index (χ0n) is 13.8. The summed E-state index contributed by atoms with van der Waals surface area (Å²) in [5, 5.41) is 4.40. The number of rotatable bonds is 11. The summed E-state index contributed by atoms with van der Waals surface area (Å²) in [5.74, 6) is 0.871. The molecule has 0 aliphatic rings. The molecule has 0 atom stereocenters. The number of hydrogen-bond acceptors (Lipinski definition) is 2. The lowest BCUT2D eigenvalue weighted by Crippen LogP contribution is -2.20. The van der Waals surface area contributed by atoms with Crippen LogP contribution in [0.5, 0.6) is 5.75 Å². The number of ether oxygens (including phenoxy) is 1.